The summed E-state index contributed by atoms with van der Waals surface area (Å²) in [5, 5.41) is 4.22. The van der Waals surface area contributed by atoms with Crippen LogP contribution in [-0.4, -0.2) is 13.2 Å². The first-order chi connectivity index (χ1) is 9.67. The molecule has 0 aromatic heterocycles. The van der Waals surface area contributed by atoms with Gasteiger partial charge in [-0.05, 0) is 49.9 Å². The monoisotopic (exact) mass is 293 g/mol. The maximum Gasteiger partial charge on any atom is 0.124 e. The normalized spacial score (nSPS) is 33.4. The summed E-state index contributed by atoms with van der Waals surface area (Å²) in [7, 11) is 2.03. The van der Waals surface area contributed by atoms with Gasteiger partial charge in [0.1, 0.15) is 11.9 Å². The van der Waals surface area contributed by atoms with Crippen molar-refractivity contribution in [1.82, 2.24) is 5.32 Å². The second kappa shape index (κ2) is 5.95. The molecular weight excluding hydrogens is 270 g/mol. The minimum absolute atomic E-state index is 0.351. The van der Waals surface area contributed by atoms with Gasteiger partial charge in [-0.1, -0.05) is 31.4 Å². The van der Waals surface area contributed by atoms with E-state index in [1.165, 1.54) is 31.2 Å². The van der Waals surface area contributed by atoms with Crippen LogP contribution in [0.1, 0.15) is 50.6 Å². The molecule has 110 valence electrons. The van der Waals surface area contributed by atoms with Crippen LogP contribution in [0.15, 0.2) is 18.2 Å². The highest BCUT2D eigenvalue weighted by atomic mass is 35.5. The molecule has 3 rings (SSSR count). The lowest BCUT2D eigenvalue weighted by Gasteiger charge is -2.39. The van der Waals surface area contributed by atoms with E-state index in [1.54, 1.807) is 0 Å². The van der Waals surface area contributed by atoms with Crippen LogP contribution in [0.3, 0.4) is 0 Å². The standard InChI is InChI=1S/C17H24ClNO/c1-11-4-3-5-12(8-11)17-10-15(19-2)14-9-13(18)6-7-16(14)20-17/h6-7,9,11-12,15,17,19H,3-5,8,10H2,1-2H3. The Kier molecular flexibility index (Phi) is 4.23. The molecule has 1 fully saturated rings. The van der Waals surface area contributed by atoms with E-state index in [1.807, 2.05) is 25.2 Å². The van der Waals surface area contributed by atoms with Gasteiger partial charge in [0.2, 0.25) is 0 Å². The fourth-order valence-corrected chi connectivity index (χ4v) is 4.03. The van der Waals surface area contributed by atoms with Crippen molar-refractivity contribution in [3.63, 3.8) is 0 Å². The third-order valence-electron chi connectivity index (χ3n) is 4.94. The van der Waals surface area contributed by atoms with Crippen molar-refractivity contribution in [2.24, 2.45) is 11.8 Å². The highest BCUT2D eigenvalue weighted by molar-refractivity contribution is 6.30. The van der Waals surface area contributed by atoms with Crippen molar-refractivity contribution in [2.45, 2.75) is 51.2 Å². The molecule has 0 bridgehead atoms. The molecule has 1 N–H and O–H groups in total. The Morgan fingerprint density at radius 1 is 1.25 bits per heavy atom. The minimum Gasteiger partial charge on any atom is -0.490 e. The van der Waals surface area contributed by atoms with Crippen LogP contribution in [-0.2, 0) is 0 Å². The number of hydrogen-bond acceptors (Lipinski definition) is 2. The molecule has 20 heavy (non-hydrogen) atoms. The Bertz CT molecular complexity index is 476. The molecule has 3 heteroatoms. The largest absolute Gasteiger partial charge is 0.490 e. The lowest BCUT2D eigenvalue weighted by Crippen LogP contribution is -2.38. The molecular formula is C17H24ClNO. The van der Waals surface area contributed by atoms with Gasteiger partial charge < -0.3 is 10.1 Å². The molecule has 0 spiro atoms. The van der Waals surface area contributed by atoms with Crippen LogP contribution in [0.5, 0.6) is 5.75 Å². The quantitative estimate of drug-likeness (QED) is 0.862. The molecule has 0 radical (unpaired) electrons. The summed E-state index contributed by atoms with van der Waals surface area (Å²) in [5.41, 5.74) is 1.21. The zero-order chi connectivity index (χ0) is 14.1. The first-order valence-corrected chi connectivity index (χ1v) is 8.18. The predicted octanol–water partition coefficient (Wildman–Crippen LogP) is 4.58. The van der Waals surface area contributed by atoms with Crippen LogP contribution >= 0.6 is 11.6 Å². The molecule has 0 amide bonds. The van der Waals surface area contributed by atoms with Crippen molar-refractivity contribution in [3.05, 3.63) is 28.8 Å². The van der Waals surface area contributed by atoms with E-state index in [-0.39, 0.29) is 0 Å². The van der Waals surface area contributed by atoms with Crippen LogP contribution < -0.4 is 10.1 Å². The number of fused-ring (bicyclic) bond motifs is 1. The van der Waals surface area contributed by atoms with Gasteiger partial charge in [-0.3, -0.25) is 0 Å². The summed E-state index contributed by atoms with van der Waals surface area (Å²) in [5.74, 6) is 2.57. The number of hydrogen-bond donors (Lipinski definition) is 1. The molecule has 1 aliphatic heterocycles. The van der Waals surface area contributed by atoms with Crippen LogP contribution in [0.2, 0.25) is 5.02 Å². The summed E-state index contributed by atoms with van der Waals surface area (Å²) >= 11 is 6.12. The summed E-state index contributed by atoms with van der Waals surface area (Å²) in [4.78, 5) is 0. The smallest absolute Gasteiger partial charge is 0.124 e. The third-order valence-corrected chi connectivity index (χ3v) is 5.18. The lowest BCUT2D eigenvalue weighted by molar-refractivity contribution is 0.0627. The van der Waals surface area contributed by atoms with Gasteiger partial charge in [0.25, 0.3) is 0 Å². The van der Waals surface area contributed by atoms with Gasteiger partial charge in [-0.15, -0.1) is 0 Å². The number of benzene rings is 1. The number of rotatable bonds is 2. The van der Waals surface area contributed by atoms with Crippen molar-refractivity contribution >= 4 is 11.6 Å². The van der Waals surface area contributed by atoms with Gasteiger partial charge in [0.15, 0.2) is 0 Å². The highest BCUT2D eigenvalue weighted by Gasteiger charge is 2.34. The van der Waals surface area contributed by atoms with Gasteiger partial charge >= 0.3 is 0 Å². The van der Waals surface area contributed by atoms with Crippen molar-refractivity contribution in [1.29, 1.82) is 0 Å². The number of nitrogens with one attached hydrogen (secondary N) is 1. The fourth-order valence-electron chi connectivity index (χ4n) is 3.85. The van der Waals surface area contributed by atoms with E-state index in [4.69, 9.17) is 16.3 Å². The Morgan fingerprint density at radius 2 is 2.10 bits per heavy atom. The number of ether oxygens (including phenoxy) is 1. The Balaban J connectivity index is 1.81. The highest BCUT2D eigenvalue weighted by Crippen LogP contribution is 2.42. The zero-order valence-electron chi connectivity index (χ0n) is 12.4. The van der Waals surface area contributed by atoms with Gasteiger partial charge in [0.05, 0.1) is 0 Å². The third kappa shape index (κ3) is 2.82. The zero-order valence-corrected chi connectivity index (χ0v) is 13.1. The van der Waals surface area contributed by atoms with E-state index in [0.29, 0.717) is 18.1 Å². The maximum atomic E-state index is 6.31. The fraction of sp³-hybridized carbons (Fsp3) is 0.647. The Labute approximate surface area is 126 Å². The molecule has 1 aliphatic carbocycles. The molecule has 1 aromatic rings. The summed E-state index contributed by atoms with van der Waals surface area (Å²) in [6.45, 7) is 2.37. The van der Waals surface area contributed by atoms with E-state index in [0.717, 1.165) is 23.1 Å². The molecule has 1 heterocycles. The molecule has 4 unspecified atom stereocenters. The van der Waals surface area contributed by atoms with Gasteiger partial charge in [-0.2, -0.15) is 0 Å². The molecule has 4 atom stereocenters. The first-order valence-electron chi connectivity index (χ1n) is 7.80. The predicted molar refractivity (Wildman–Crippen MR) is 83.4 cm³/mol. The lowest BCUT2D eigenvalue weighted by atomic mass is 9.77. The second-order valence-corrected chi connectivity index (χ2v) is 6.88. The summed E-state index contributed by atoms with van der Waals surface area (Å²) < 4.78 is 6.31. The summed E-state index contributed by atoms with van der Waals surface area (Å²) in [6.07, 6.45) is 6.76. The molecule has 1 saturated carbocycles. The SMILES string of the molecule is CNC1CC(C2CCCC(C)C2)Oc2ccc(Cl)cc21. The van der Waals surface area contributed by atoms with Crippen molar-refractivity contribution < 1.29 is 4.74 Å². The van der Waals surface area contributed by atoms with E-state index >= 15 is 0 Å². The molecule has 2 nitrogen and oxygen atoms in total. The molecule has 1 aromatic carbocycles. The summed E-state index contributed by atoms with van der Waals surface area (Å²) in [6, 6.07) is 6.36. The van der Waals surface area contributed by atoms with E-state index in [2.05, 4.69) is 12.2 Å². The van der Waals surface area contributed by atoms with E-state index < -0.39 is 0 Å². The molecule has 2 aliphatic rings. The van der Waals surface area contributed by atoms with Gasteiger partial charge in [0, 0.05) is 23.0 Å². The second-order valence-electron chi connectivity index (χ2n) is 6.45. The average Bonchev–Trinajstić information content (AvgIpc) is 2.46. The average molecular weight is 294 g/mol. The number of halogens is 1. The van der Waals surface area contributed by atoms with Gasteiger partial charge in [-0.25, -0.2) is 0 Å². The first kappa shape index (κ1) is 14.2. The van der Waals surface area contributed by atoms with Crippen LogP contribution in [0.4, 0.5) is 0 Å². The Hall–Kier alpha value is -0.730. The van der Waals surface area contributed by atoms with E-state index in [9.17, 15) is 0 Å². The Morgan fingerprint density at radius 3 is 2.85 bits per heavy atom. The van der Waals surface area contributed by atoms with Crippen molar-refractivity contribution in [2.75, 3.05) is 7.05 Å². The molecule has 0 saturated heterocycles. The van der Waals surface area contributed by atoms with Crippen LogP contribution in [0.25, 0.3) is 0 Å². The van der Waals surface area contributed by atoms with Crippen molar-refractivity contribution in [3.8, 4) is 5.75 Å². The minimum atomic E-state index is 0.351. The topological polar surface area (TPSA) is 21.3 Å². The van der Waals surface area contributed by atoms with Crippen LogP contribution in [0, 0.1) is 11.8 Å². The maximum absolute atomic E-state index is 6.31.